The van der Waals surface area contributed by atoms with Gasteiger partial charge < -0.3 is 9.80 Å². The van der Waals surface area contributed by atoms with Crippen molar-refractivity contribution < 1.29 is 4.79 Å². The summed E-state index contributed by atoms with van der Waals surface area (Å²) < 4.78 is 0.292. The zero-order valence-electron chi connectivity index (χ0n) is 10.6. The number of nitrogens with zero attached hydrogens (tertiary/aromatic N) is 5. The van der Waals surface area contributed by atoms with Crippen LogP contribution in [0.15, 0.2) is 24.4 Å². The summed E-state index contributed by atoms with van der Waals surface area (Å²) in [6.07, 6.45) is 1.77. The van der Waals surface area contributed by atoms with E-state index in [1.807, 2.05) is 18.2 Å². The first-order valence-electron chi connectivity index (χ1n) is 6.18. The summed E-state index contributed by atoms with van der Waals surface area (Å²) in [5, 5.41) is 7.80. The summed E-state index contributed by atoms with van der Waals surface area (Å²) in [6.45, 7) is 2.81. The molecule has 0 radical (unpaired) electrons. The van der Waals surface area contributed by atoms with Crippen molar-refractivity contribution in [1.29, 1.82) is 0 Å². The van der Waals surface area contributed by atoms with E-state index in [0.29, 0.717) is 22.6 Å². The third kappa shape index (κ3) is 2.73. The molecule has 3 rings (SSSR count). The van der Waals surface area contributed by atoms with E-state index in [4.69, 9.17) is 11.6 Å². The Balaban J connectivity index is 1.63. The number of hydrogen-bond acceptors (Lipinski definition) is 6. The zero-order valence-corrected chi connectivity index (χ0v) is 12.1. The van der Waals surface area contributed by atoms with Crippen LogP contribution >= 0.6 is 22.9 Å². The molecule has 2 aromatic rings. The van der Waals surface area contributed by atoms with Crippen molar-refractivity contribution in [1.82, 2.24) is 20.1 Å². The molecule has 0 spiro atoms. The standard InChI is InChI=1S/C12H12ClN5OS/c13-12-16-15-10(20-12)11(19)18-7-5-17(6-8-18)9-3-1-2-4-14-9/h1-4H,5-8H2. The minimum Gasteiger partial charge on any atom is -0.353 e. The third-order valence-corrected chi connectivity index (χ3v) is 4.13. The van der Waals surface area contributed by atoms with Crippen molar-refractivity contribution in [3.8, 4) is 0 Å². The molecule has 6 nitrogen and oxygen atoms in total. The predicted molar refractivity (Wildman–Crippen MR) is 77.3 cm³/mol. The molecule has 0 aliphatic carbocycles. The quantitative estimate of drug-likeness (QED) is 0.842. The molecule has 20 heavy (non-hydrogen) atoms. The van der Waals surface area contributed by atoms with Crippen LogP contribution in [0.1, 0.15) is 9.80 Å². The molecule has 1 aliphatic heterocycles. The van der Waals surface area contributed by atoms with Gasteiger partial charge in [-0.3, -0.25) is 4.79 Å². The maximum absolute atomic E-state index is 12.2. The van der Waals surface area contributed by atoms with E-state index in [0.717, 1.165) is 30.2 Å². The van der Waals surface area contributed by atoms with E-state index in [2.05, 4.69) is 20.1 Å². The number of aromatic nitrogens is 3. The van der Waals surface area contributed by atoms with Gasteiger partial charge in [-0.15, -0.1) is 10.2 Å². The normalized spacial score (nSPS) is 15.4. The highest BCUT2D eigenvalue weighted by Crippen LogP contribution is 2.18. The van der Waals surface area contributed by atoms with Crippen LogP contribution in [0.25, 0.3) is 0 Å². The average molecular weight is 310 g/mol. The number of anilines is 1. The predicted octanol–water partition coefficient (Wildman–Crippen LogP) is 1.55. The van der Waals surface area contributed by atoms with Gasteiger partial charge in [-0.2, -0.15) is 0 Å². The first-order chi connectivity index (χ1) is 9.74. The molecule has 0 unspecified atom stereocenters. The van der Waals surface area contributed by atoms with Crippen LogP contribution < -0.4 is 4.90 Å². The summed E-state index contributed by atoms with van der Waals surface area (Å²) >= 11 is 6.82. The lowest BCUT2D eigenvalue weighted by molar-refractivity contribution is 0.0745. The number of halogens is 1. The lowest BCUT2D eigenvalue weighted by Gasteiger charge is -2.34. The fourth-order valence-corrected chi connectivity index (χ4v) is 2.90. The second-order valence-corrected chi connectivity index (χ2v) is 5.89. The van der Waals surface area contributed by atoms with E-state index in [1.54, 1.807) is 11.1 Å². The summed E-state index contributed by atoms with van der Waals surface area (Å²) in [5.41, 5.74) is 0. The molecular formula is C12H12ClN5OS. The average Bonchev–Trinajstić information content (AvgIpc) is 2.94. The highest BCUT2D eigenvalue weighted by Gasteiger charge is 2.25. The third-order valence-electron chi connectivity index (χ3n) is 3.12. The molecular weight excluding hydrogens is 298 g/mol. The van der Waals surface area contributed by atoms with Crippen molar-refractivity contribution in [2.45, 2.75) is 0 Å². The molecule has 1 saturated heterocycles. The molecule has 1 fully saturated rings. The number of amides is 1. The van der Waals surface area contributed by atoms with Crippen molar-refractivity contribution in [3.63, 3.8) is 0 Å². The largest absolute Gasteiger partial charge is 0.353 e. The number of carbonyl (C=O) groups excluding carboxylic acids is 1. The Hall–Kier alpha value is -1.73. The topological polar surface area (TPSA) is 62.2 Å². The Morgan fingerprint density at radius 1 is 1.20 bits per heavy atom. The van der Waals surface area contributed by atoms with Gasteiger partial charge in [0.2, 0.25) is 9.47 Å². The number of rotatable bonds is 2. The highest BCUT2D eigenvalue weighted by atomic mass is 35.5. The molecule has 2 aromatic heterocycles. The van der Waals surface area contributed by atoms with E-state index in [9.17, 15) is 4.79 Å². The summed E-state index contributed by atoms with van der Waals surface area (Å²) in [6, 6.07) is 5.83. The summed E-state index contributed by atoms with van der Waals surface area (Å²) in [5.74, 6) is 0.841. The van der Waals surface area contributed by atoms with Crippen LogP contribution in [0, 0.1) is 0 Å². The van der Waals surface area contributed by atoms with Crippen LogP contribution in [0.3, 0.4) is 0 Å². The Morgan fingerprint density at radius 2 is 2.00 bits per heavy atom. The van der Waals surface area contributed by atoms with Crippen LogP contribution in [0.4, 0.5) is 5.82 Å². The smallest absolute Gasteiger partial charge is 0.285 e. The molecule has 0 atom stereocenters. The highest BCUT2D eigenvalue weighted by molar-refractivity contribution is 7.17. The molecule has 0 N–H and O–H groups in total. The Kier molecular flexibility index (Phi) is 3.79. The molecule has 8 heteroatoms. The molecule has 1 amide bonds. The monoisotopic (exact) mass is 309 g/mol. The van der Waals surface area contributed by atoms with Crippen LogP contribution in [-0.4, -0.2) is 52.2 Å². The van der Waals surface area contributed by atoms with Crippen LogP contribution in [0.5, 0.6) is 0 Å². The Bertz CT molecular complexity index is 597. The minimum absolute atomic E-state index is 0.102. The number of hydrogen-bond donors (Lipinski definition) is 0. The van der Waals surface area contributed by atoms with Crippen molar-refractivity contribution >= 4 is 34.7 Å². The molecule has 1 aliphatic rings. The van der Waals surface area contributed by atoms with Gasteiger partial charge in [0.15, 0.2) is 0 Å². The Labute approximate surface area is 125 Å². The van der Waals surface area contributed by atoms with Crippen LogP contribution in [0.2, 0.25) is 4.47 Å². The van der Waals surface area contributed by atoms with Gasteiger partial charge in [0.1, 0.15) is 5.82 Å². The summed E-state index contributed by atoms with van der Waals surface area (Å²) in [7, 11) is 0. The fraction of sp³-hybridized carbons (Fsp3) is 0.333. The van der Waals surface area contributed by atoms with Crippen molar-refractivity contribution in [2.75, 3.05) is 31.1 Å². The molecule has 0 aromatic carbocycles. The zero-order chi connectivity index (χ0) is 13.9. The molecule has 0 bridgehead atoms. The first-order valence-corrected chi connectivity index (χ1v) is 7.38. The number of pyridine rings is 1. The minimum atomic E-state index is -0.102. The molecule has 0 saturated carbocycles. The van der Waals surface area contributed by atoms with E-state index in [1.165, 1.54) is 0 Å². The van der Waals surface area contributed by atoms with Gasteiger partial charge >= 0.3 is 0 Å². The lowest BCUT2D eigenvalue weighted by atomic mass is 10.3. The van der Waals surface area contributed by atoms with Gasteiger partial charge in [-0.1, -0.05) is 17.4 Å². The van der Waals surface area contributed by atoms with Crippen molar-refractivity contribution in [2.24, 2.45) is 0 Å². The van der Waals surface area contributed by atoms with Crippen LogP contribution in [-0.2, 0) is 0 Å². The second-order valence-electron chi connectivity index (χ2n) is 4.33. The van der Waals surface area contributed by atoms with E-state index < -0.39 is 0 Å². The molecule has 104 valence electrons. The molecule has 3 heterocycles. The number of carbonyl (C=O) groups is 1. The SMILES string of the molecule is O=C(c1nnc(Cl)s1)N1CCN(c2ccccn2)CC1. The summed E-state index contributed by atoms with van der Waals surface area (Å²) in [4.78, 5) is 20.5. The maximum Gasteiger partial charge on any atom is 0.285 e. The number of piperazine rings is 1. The van der Waals surface area contributed by atoms with Gasteiger partial charge in [-0.05, 0) is 23.7 Å². The van der Waals surface area contributed by atoms with Gasteiger partial charge in [-0.25, -0.2) is 4.98 Å². The van der Waals surface area contributed by atoms with E-state index in [-0.39, 0.29) is 5.91 Å². The van der Waals surface area contributed by atoms with Gasteiger partial charge in [0, 0.05) is 32.4 Å². The first kappa shape index (κ1) is 13.3. The second kappa shape index (κ2) is 5.72. The van der Waals surface area contributed by atoms with E-state index >= 15 is 0 Å². The van der Waals surface area contributed by atoms with Gasteiger partial charge in [0.05, 0.1) is 0 Å². The van der Waals surface area contributed by atoms with Crippen molar-refractivity contribution in [3.05, 3.63) is 33.9 Å². The fourth-order valence-electron chi connectivity index (χ4n) is 2.11. The maximum atomic E-state index is 12.2. The Morgan fingerprint density at radius 3 is 2.60 bits per heavy atom. The van der Waals surface area contributed by atoms with Gasteiger partial charge in [0.25, 0.3) is 5.91 Å². The lowest BCUT2D eigenvalue weighted by Crippen LogP contribution is -2.49.